The molecule has 1 aliphatic rings. The third kappa shape index (κ3) is 5.22. The fraction of sp³-hybridized carbons (Fsp3) is 0.333. The number of rotatable bonds is 5. The molecule has 1 heterocycles. The quantitative estimate of drug-likeness (QED) is 0.663. The maximum absolute atomic E-state index is 12.3. The number of nitrogens with one attached hydrogen (secondary N) is 1. The maximum Gasteiger partial charge on any atom is 0.255 e. The number of nitrogens with zero attached hydrogens (tertiary/aromatic N) is 2. The molecular formula is C21H24IN3O2. The Hall–Kier alpha value is -2.09. The van der Waals surface area contributed by atoms with E-state index < -0.39 is 0 Å². The Kier molecular flexibility index (Phi) is 6.71. The minimum Gasteiger partial charge on any atom is -0.368 e. The van der Waals surface area contributed by atoms with Gasteiger partial charge in [0.25, 0.3) is 5.91 Å². The first-order chi connectivity index (χ1) is 13.1. The Morgan fingerprint density at radius 3 is 2.19 bits per heavy atom. The first-order valence-electron chi connectivity index (χ1n) is 9.26. The largest absolute Gasteiger partial charge is 0.368 e. The van der Waals surface area contributed by atoms with Gasteiger partial charge in [-0.15, -0.1) is 0 Å². The van der Waals surface area contributed by atoms with Gasteiger partial charge in [-0.05, 0) is 77.5 Å². The van der Waals surface area contributed by atoms with Gasteiger partial charge in [0.1, 0.15) is 0 Å². The van der Waals surface area contributed by atoms with Crippen LogP contribution in [0.5, 0.6) is 0 Å². The number of amides is 2. The van der Waals surface area contributed by atoms with Crippen molar-refractivity contribution in [2.75, 3.05) is 36.4 Å². The van der Waals surface area contributed by atoms with E-state index in [-0.39, 0.29) is 11.8 Å². The van der Waals surface area contributed by atoms with Crippen molar-refractivity contribution in [2.45, 2.75) is 19.8 Å². The third-order valence-corrected chi connectivity index (χ3v) is 5.41. The zero-order valence-corrected chi connectivity index (χ0v) is 17.6. The number of hydrogen-bond acceptors (Lipinski definition) is 3. The van der Waals surface area contributed by atoms with Crippen molar-refractivity contribution in [1.82, 2.24) is 4.90 Å². The number of hydrogen-bond donors (Lipinski definition) is 1. The number of carbonyl (C=O) groups is 2. The van der Waals surface area contributed by atoms with Gasteiger partial charge in [-0.2, -0.15) is 0 Å². The molecule has 0 bridgehead atoms. The predicted octanol–water partition coefficient (Wildman–Crippen LogP) is 3.99. The molecule has 1 N–H and O–H groups in total. The van der Waals surface area contributed by atoms with Crippen molar-refractivity contribution in [3.63, 3.8) is 0 Å². The van der Waals surface area contributed by atoms with E-state index in [0.717, 1.165) is 47.5 Å². The van der Waals surface area contributed by atoms with E-state index in [1.54, 1.807) is 0 Å². The lowest BCUT2D eigenvalue weighted by molar-refractivity contribution is -0.131. The lowest BCUT2D eigenvalue weighted by Crippen LogP contribution is -2.48. The molecule has 1 saturated heterocycles. The Balaban J connectivity index is 1.55. The summed E-state index contributed by atoms with van der Waals surface area (Å²) < 4.78 is 1.10. The molecule has 0 atom stereocenters. The van der Waals surface area contributed by atoms with Crippen LogP contribution in [0.1, 0.15) is 30.1 Å². The topological polar surface area (TPSA) is 52.7 Å². The van der Waals surface area contributed by atoms with Crippen LogP contribution in [-0.4, -0.2) is 42.9 Å². The van der Waals surface area contributed by atoms with Crippen LogP contribution in [0.4, 0.5) is 11.4 Å². The van der Waals surface area contributed by atoms with Crippen molar-refractivity contribution in [3.8, 4) is 0 Å². The van der Waals surface area contributed by atoms with Crippen LogP contribution >= 0.6 is 22.6 Å². The number of anilines is 2. The predicted molar refractivity (Wildman–Crippen MR) is 117 cm³/mol. The second kappa shape index (κ2) is 9.21. The van der Waals surface area contributed by atoms with Gasteiger partial charge in [0.05, 0.1) is 0 Å². The fourth-order valence-corrected chi connectivity index (χ4v) is 3.51. The monoisotopic (exact) mass is 477 g/mol. The summed E-state index contributed by atoms with van der Waals surface area (Å²) in [5.74, 6) is 0.146. The minimum absolute atomic E-state index is 0.109. The first-order valence-corrected chi connectivity index (χ1v) is 10.3. The highest BCUT2D eigenvalue weighted by Crippen LogP contribution is 2.20. The van der Waals surface area contributed by atoms with E-state index >= 15 is 0 Å². The Morgan fingerprint density at radius 1 is 0.963 bits per heavy atom. The second-order valence-electron chi connectivity index (χ2n) is 6.63. The molecule has 2 aromatic rings. The highest BCUT2D eigenvalue weighted by atomic mass is 127. The van der Waals surface area contributed by atoms with E-state index in [0.29, 0.717) is 12.0 Å². The SMILES string of the molecule is CCCC(=O)N1CCN(c2ccc(NC(=O)c3ccc(I)cc3)cc2)CC1. The fourth-order valence-electron chi connectivity index (χ4n) is 3.15. The molecule has 0 saturated carbocycles. The number of halogens is 1. The average Bonchev–Trinajstić information content (AvgIpc) is 2.69. The minimum atomic E-state index is -0.109. The summed E-state index contributed by atoms with van der Waals surface area (Å²) in [6.07, 6.45) is 1.53. The third-order valence-electron chi connectivity index (χ3n) is 4.69. The summed E-state index contributed by atoms with van der Waals surface area (Å²) >= 11 is 2.22. The molecule has 0 aromatic heterocycles. The summed E-state index contributed by atoms with van der Waals surface area (Å²) in [6.45, 7) is 5.24. The van der Waals surface area contributed by atoms with Crippen LogP contribution in [0, 0.1) is 3.57 Å². The smallest absolute Gasteiger partial charge is 0.255 e. The summed E-state index contributed by atoms with van der Waals surface area (Å²) in [5.41, 5.74) is 2.54. The van der Waals surface area contributed by atoms with E-state index in [4.69, 9.17) is 0 Å². The lowest BCUT2D eigenvalue weighted by atomic mass is 10.2. The number of piperazine rings is 1. The molecule has 0 radical (unpaired) electrons. The van der Waals surface area contributed by atoms with Gasteiger partial charge in [-0.25, -0.2) is 0 Å². The van der Waals surface area contributed by atoms with Crippen LogP contribution in [0.15, 0.2) is 48.5 Å². The van der Waals surface area contributed by atoms with Crippen molar-refractivity contribution in [2.24, 2.45) is 0 Å². The molecular weight excluding hydrogens is 453 g/mol. The molecule has 6 heteroatoms. The molecule has 27 heavy (non-hydrogen) atoms. The van der Waals surface area contributed by atoms with Crippen molar-refractivity contribution >= 4 is 45.8 Å². The molecule has 0 aliphatic carbocycles. The molecule has 2 amide bonds. The van der Waals surface area contributed by atoms with Gasteiger partial charge >= 0.3 is 0 Å². The van der Waals surface area contributed by atoms with E-state index in [1.807, 2.05) is 60.4 Å². The number of benzene rings is 2. The first kappa shape index (κ1) is 19.7. The molecule has 0 unspecified atom stereocenters. The van der Waals surface area contributed by atoms with Crippen LogP contribution in [0.3, 0.4) is 0 Å². The molecule has 5 nitrogen and oxygen atoms in total. The molecule has 0 spiro atoms. The highest BCUT2D eigenvalue weighted by Gasteiger charge is 2.20. The molecule has 3 rings (SSSR count). The van der Waals surface area contributed by atoms with Gasteiger partial charge in [0.2, 0.25) is 5.91 Å². The molecule has 1 aliphatic heterocycles. The molecule has 142 valence electrons. The Labute approximate surface area is 173 Å². The van der Waals surface area contributed by atoms with Gasteiger partial charge in [-0.3, -0.25) is 9.59 Å². The Bertz CT molecular complexity index is 782. The standard InChI is InChI=1S/C21H24IN3O2/c1-2-3-20(26)25-14-12-24(13-15-25)19-10-8-18(9-11-19)23-21(27)16-4-6-17(22)7-5-16/h4-11H,2-3,12-15H2,1H3,(H,23,27). The maximum atomic E-state index is 12.3. The molecule has 1 fully saturated rings. The van der Waals surface area contributed by atoms with Gasteiger partial charge in [0, 0.05) is 53.1 Å². The summed E-state index contributed by atoms with van der Waals surface area (Å²) in [6, 6.07) is 15.4. The van der Waals surface area contributed by atoms with Crippen LogP contribution in [0.2, 0.25) is 0 Å². The van der Waals surface area contributed by atoms with Crippen LogP contribution in [-0.2, 0) is 4.79 Å². The second-order valence-corrected chi connectivity index (χ2v) is 7.87. The van der Waals surface area contributed by atoms with Crippen molar-refractivity contribution < 1.29 is 9.59 Å². The van der Waals surface area contributed by atoms with E-state index in [2.05, 4.69) is 32.8 Å². The van der Waals surface area contributed by atoms with Gasteiger partial charge < -0.3 is 15.1 Å². The number of carbonyl (C=O) groups excluding carboxylic acids is 2. The van der Waals surface area contributed by atoms with Crippen molar-refractivity contribution in [1.29, 1.82) is 0 Å². The van der Waals surface area contributed by atoms with Gasteiger partial charge in [0.15, 0.2) is 0 Å². The summed E-state index contributed by atoms with van der Waals surface area (Å²) in [4.78, 5) is 28.5. The summed E-state index contributed by atoms with van der Waals surface area (Å²) in [7, 11) is 0. The molecule has 2 aromatic carbocycles. The lowest BCUT2D eigenvalue weighted by Gasteiger charge is -2.36. The van der Waals surface area contributed by atoms with E-state index in [9.17, 15) is 9.59 Å². The summed E-state index contributed by atoms with van der Waals surface area (Å²) in [5, 5.41) is 2.93. The van der Waals surface area contributed by atoms with Crippen molar-refractivity contribution in [3.05, 3.63) is 57.7 Å². The average molecular weight is 477 g/mol. The normalized spacial score (nSPS) is 14.1. The van der Waals surface area contributed by atoms with Gasteiger partial charge in [-0.1, -0.05) is 6.92 Å². The van der Waals surface area contributed by atoms with Crippen LogP contribution in [0.25, 0.3) is 0 Å². The zero-order chi connectivity index (χ0) is 19.2. The Morgan fingerprint density at radius 2 is 1.59 bits per heavy atom. The zero-order valence-electron chi connectivity index (χ0n) is 15.5. The highest BCUT2D eigenvalue weighted by molar-refractivity contribution is 14.1. The van der Waals surface area contributed by atoms with E-state index in [1.165, 1.54) is 0 Å². The van der Waals surface area contributed by atoms with Crippen LogP contribution < -0.4 is 10.2 Å².